The molecular weight excluding hydrogens is 394 g/mol. The van der Waals surface area contributed by atoms with Crippen molar-refractivity contribution < 1.29 is 9.53 Å². The highest BCUT2D eigenvalue weighted by Crippen LogP contribution is 2.31. The Hall–Kier alpha value is -3.46. The van der Waals surface area contributed by atoms with Crippen LogP contribution in [-0.2, 0) is 11.8 Å². The Morgan fingerprint density at radius 2 is 2.23 bits per heavy atom. The third kappa shape index (κ3) is 3.21. The quantitative estimate of drug-likeness (QED) is 0.516. The first-order chi connectivity index (χ1) is 15.1. The number of methoxy groups -OCH3 is 1. The first-order valence-electron chi connectivity index (χ1n) is 10.4. The Labute approximate surface area is 179 Å². The van der Waals surface area contributed by atoms with E-state index in [2.05, 4.69) is 25.3 Å². The zero-order valence-electron chi connectivity index (χ0n) is 17.8. The van der Waals surface area contributed by atoms with Crippen LogP contribution in [0.5, 0.6) is 0 Å². The molecule has 0 aliphatic carbocycles. The fourth-order valence-electron chi connectivity index (χ4n) is 4.43. The number of likely N-dealkylation sites (tertiary alicyclic amines) is 1. The van der Waals surface area contributed by atoms with Crippen molar-refractivity contribution >= 4 is 33.8 Å². The number of aryl methyl sites for hydroxylation is 1. The zero-order chi connectivity index (χ0) is 21.5. The number of aromatic amines is 1. The minimum Gasteiger partial charge on any atom is -0.383 e. The number of ether oxygens (including phenoxy) is 1. The molecule has 0 bridgehead atoms. The summed E-state index contributed by atoms with van der Waals surface area (Å²) in [5, 5.41) is 4.07. The third-order valence-electron chi connectivity index (χ3n) is 5.91. The summed E-state index contributed by atoms with van der Waals surface area (Å²) in [6.07, 6.45) is 3.73. The van der Waals surface area contributed by atoms with Gasteiger partial charge in [-0.15, -0.1) is 0 Å². The van der Waals surface area contributed by atoms with E-state index in [1.807, 2.05) is 41.8 Å². The van der Waals surface area contributed by atoms with E-state index in [0.717, 1.165) is 47.1 Å². The van der Waals surface area contributed by atoms with Crippen molar-refractivity contribution in [3.8, 4) is 11.4 Å². The predicted octanol–water partition coefficient (Wildman–Crippen LogP) is 2.80. The van der Waals surface area contributed by atoms with E-state index in [4.69, 9.17) is 4.74 Å². The summed E-state index contributed by atoms with van der Waals surface area (Å²) in [4.78, 5) is 32.2. The topological polar surface area (TPSA) is 101 Å². The minimum atomic E-state index is -0.0536. The van der Waals surface area contributed by atoms with E-state index >= 15 is 0 Å². The Balaban J connectivity index is 1.55. The van der Waals surface area contributed by atoms with Crippen molar-refractivity contribution in [2.24, 2.45) is 7.05 Å². The lowest BCUT2D eigenvalue weighted by Crippen LogP contribution is -2.38. The summed E-state index contributed by atoms with van der Waals surface area (Å²) >= 11 is 0. The molecule has 0 unspecified atom stereocenters. The molecule has 9 nitrogen and oxygen atoms in total. The molecule has 0 aromatic carbocycles. The summed E-state index contributed by atoms with van der Waals surface area (Å²) in [7, 11) is 5.46. The molecule has 4 aromatic rings. The zero-order valence-corrected chi connectivity index (χ0v) is 17.8. The lowest BCUT2D eigenvalue weighted by atomic mass is 10.2. The molecule has 5 rings (SSSR count). The van der Waals surface area contributed by atoms with E-state index in [1.54, 1.807) is 19.5 Å². The number of imidazole rings is 1. The van der Waals surface area contributed by atoms with Gasteiger partial charge in [0.25, 0.3) is 5.91 Å². The highest BCUT2D eigenvalue weighted by molar-refractivity contribution is 6.07. The van der Waals surface area contributed by atoms with Gasteiger partial charge in [0, 0.05) is 33.1 Å². The number of pyridine rings is 2. The van der Waals surface area contributed by atoms with Gasteiger partial charge in [-0.1, -0.05) is 6.07 Å². The number of nitrogens with zero attached hydrogens (tertiary/aromatic N) is 5. The molecule has 1 aliphatic heterocycles. The molecule has 160 valence electrons. The second-order valence-electron chi connectivity index (χ2n) is 7.87. The van der Waals surface area contributed by atoms with Crippen LogP contribution in [0.25, 0.3) is 33.5 Å². The predicted molar refractivity (Wildman–Crippen MR) is 119 cm³/mol. The highest BCUT2D eigenvalue weighted by Gasteiger charge is 2.30. The van der Waals surface area contributed by atoms with E-state index in [1.165, 1.54) is 0 Å². The van der Waals surface area contributed by atoms with Crippen LogP contribution in [0.4, 0.5) is 5.82 Å². The summed E-state index contributed by atoms with van der Waals surface area (Å²) in [5.74, 6) is 0.661. The average Bonchev–Trinajstić information content (AvgIpc) is 3.51. The van der Waals surface area contributed by atoms with E-state index in [0.29, 0.717) is 23.8 Å². The van der Waals surface area contributed by atoms with Gasteiger partial charge >= 0.3 is 0 Å². The van der Waals surface area contributed by atoms with Crippen LogP contribution in [0.3, 0.4) is 0 Å². The number of nitrogens with one attached hydrogen (secondary N) is 2. The Morgan fingerprint density at radius 3 is 3.03 bits per heavy atom. The number of rotatable bonds is 5. The lowest BCUT2D eigenvalue weighted by molar-refractivity contribution is 0.0625. The maximum atomic E-state index is 13.1. The van der Waals surface area contributed by atoms with Crippen molar-refractivity contribution in [1.82, 2.24) is 29.4 Å². The first kappa shape index (κ1) is 19.5. The molecule has 1 saturated heterocycles. The second-order valence-corrected chi connectivity index (χ2v) is 7.87. The largest absolute Gasteiger partial charge is 0.383 e. The fourth-order valence-corrected chi connectivity index (χ4v) is 4.43. The van der Waals surface area contributed by atoms with Gasteiger partial charge in [0.05, 0.1) is 35.9 Å². The van der Waals surface area contributed by atoms with Crippen LogP contribution < -0.4 is 5.32 Å². The maximum absolute atomic E-state index is 13.1. The van der Waals surface area contributed by atoms with Crippen LogP contribution in [0.1, 0.15) is 23.3 Å². The molecule has 0 spiro atoms. The number of aromatic nitrogens is 5. The summed E-state index contributed by atoms with van der Waals surface area (Å²) in [6, 6.07) is 7.67. The molecule has 5 heterocycles. The summed E-state index contributed by atoms with van der Waals surface area (Å²) < 4.78 is 7.27. The SMILES string of the molecule is CNc1nc2[nH]c(-c3cccc(C(=O)N4CCC[C@@H]4COC)n3)cc2c2c1ncn2C. The van der Waals surface area contributed by atoms with Gasteiger partial charge in [0.15, 0.2) is 5.82 Å². The number of amides is 1. The molecule has 2 N–H and O–H groups in total. The Kier molecular flexibility index (Phi) is 4.82. The minimum absolute atomic E-state index is 0.0536. The van der Waals surface area contributed by atoms with Gasteiger partial charge in [0.1, 0.15) is 16.9 Å². The van der Waals surface area contributed by atoms with Crippen LogP contribution >= 0.6 is 0 Å². The number of hydrogen-bond acceptors (Lipinski definition) is 6. The number of H-pyrrole nitrogens is 1. The number of fused-ring (bicyclic) bond motifs is 3. The van der Waals surface area contributed by atoms with Crippen LogP contribution in [0.2, 0.25) is 0 Å². The van der Waals surface area contributed by atoms with Crippen molar-refractivity contribution in [2.45, 2.75) is 18.9 Å². The van der Waals surface area contributed by atoms with Crippen molar-refractivity contribution in [3.05, 3.63) is 36.3 Å². The first-order valence-corrected chi connectivity index (χ1v) is 10.4. The van der Waals surface area contributed by atoms with E-state index in [9.17, 15) is 4.79 Å². The molecule has 1 amide bonds. The number of anilines is 1. The fraction of sp³-hybridized carbons (Fsp3) is 0.364. The van der Waals surface area contributed by atoms with Crippen LogP contribution in [0.15, 0.2) is 30.6 Å². The van der Waals surface area contributed by atoms with Gasteiger partial charge in [0.2, 0.25) is 0 Å². The monoisotopic (exact) mass is 419 g/mol. The normalized spacial score (nSPS) is 16.5. The smallest absolute Gasteiger partial charge is 0.272 e. The molecule has 4 aromatic heterocycles. The van der Waals surface area contributed by atoms with Gasteiger partial charge in [-0.05, 0) is 31.0 Å². The molecule has 9 heteroatoms. The van der Waals surface area contributed by atoms with E-state index in [-0.39, 0.29) is 11.9 Å². The molecular formula is C22H25N7O2. The molecule has 0 radical (unpaired) electrons. The Morgan fingerprint density at radius 1 is 1.35 bits per heavy atom. The maximum Gasteiger partial charge on any atom is 0.272 e. The van der Waals surface area contributed by atoms with Gasteiger partial charge in [-0.2, -0.15) is 0 Å². The van der Waals surface area contributed by atoms with Crippen LogP contribution in [-0.4, -0.2) is 68.7 Å². The summed E-state index contributed by atoms with van der Waals surface area (Å²) in [6.45, 7) is 1.29. The van der Waals surface area contributed by atoms with Crippen molar-refractivity contribution in [1.29, 1.82) is 0 Å². The van der Waals surface area contributed by atoms with Gasteiger partial charge in [-0.3, -0.25) is 4.79 Å². The van der Waals surface area contributed by atoms with E-state index < -0.39 is 0 Å². The highest BCUT2D eigenvalue weighted by atomic mass is 16.5. The number of carbonyl (C=O) groups is 1. The molecule has 0 saturated carbocycles. The molecule has 1 atom stereocenters. The van der Waals surface area contributed by atoms with Crippen molar-refractivity contribution in [2.75, 3.05) is 32.6 Å². The second kappa shape index (κ2) is 7.66. The average molecular weight is 419 g/mol. The summed E-state index contributed by atoms with van der Waals surface area (Å²) in [5.41, 5.74) is 4.50. The standard InChI is InChI=1S/C22H25N7O2/c1-23-21-18-19(28(2)12-24-18)14-10-17(26-20(14)27-21)15-7-4-8-16(25-15)22(30)29-9-5-6-13(29)11-31-3/h4,7-8,10,12-13H,5-6,9,11H2,1-3H3,(H2,23,26,27)/t13-/m1/s1. The van der Waals surface area contributed by atoms with Gasteiger partial charge < -0.3 is 24.5 Å². The lowest BCUT2D eigenvalue weighted by Gasteiger charge is -2.23. The van der Waals surface area contributed by atoms with Crippen LogP contribution in [0, 0.1) is 0 Å². The number of carbonyl (C=O) groups excluding carboxylic acids is 1. The molecule has 31 heavy (non-hydrogen) atoms. The third-order valence-corrected chi connectivity index (χ3v) is 5.91. The molecule has 1 fully saturated rings. The number of hydrogen-bond donors (Lipinski definition) is 2. The Bertz CT molecular complexity index is 1280. The molecule has 1 aliphatic rings. The van der Waals surface area contributed by atoms with Crippen molar-refractivity contribution in [3.63, 3.8) is 0 Å². The van der Waals surface area contributed by atoms with Gasteiger partial charge in [-0.25, -0.2) is 15.0 Å².